The average Bonchev–Trinajstić information content (AvgIpc) is 2.89. The number of aliphatic hydroxyl groups excluding tert-OH is 1. The Morgan fingerprint density at radius 2 is 1.69 bits per heavy atom. The van der Waals surface area contributed by atoms with E-state index in [9.17, 15) is 18.3 Å². The van der Waals surface area contributed by atoms with E-state index in [2.05, 4.69) is 0 Å². The van der Waals surface area contributed by atoms with Gasteiger partial charge in [-0.05, 0) is 43.4 Å². The molecule has 2 aliphatic rings. The summed E-state index contributed by atoms with van der Waals surface area (Å²) in [5.41, 5.74) is 0. The Morgan fingerprint density at radius 3 is 2.19 bits per heavy atom. The minimum Gasteiger partial charge on any atom is -0.393 e. The highest BCUT2D eigenvalue weighted by Gasteiger charge is 2.53. The number of hydrogen-bond acceptors (Lipinski definition) is 1. The van der Waals surface area contributed by atoms with Crippen LogP contribution in [0.1, 0.15) is 44.9 Å². The van der Waals surface area contributed by atoms with E-state index in [4.69, 9.17) is 0 Å². The summed E-state index contributed by atoms with van der Waals surface area (Å²) in [4.78, 5) is 0. The summed E-state index contributed by atoms with van der Waals surface area (Å²) < 4.78 is 35.8. The lowest BCUT2D eigenvalue weighted by Gasteiger charge is -2.11. The summed E-state index contributed by atoms with van der Waals surface area (Å²) in [7, 11) is 0. The van der Waals surface area contributed by atoms with Crippen molar-refractivity contribution in [3.8, 4) is 0 Å². The minimum absolute atomic E-state index is 0.0700. The van der Waals surface area contributed by atoms with E-state index >= 15 is 0 Å². The van der Waals surface area contributed by atoms with E-state index in [1.54, 1.807) is 0 Å². The zero-order valence-corrected chi connectivity index (χ0v) is 9.34. The Hall–Kier alpha value is -0.250. The summed E-state index contributed by atoms with van der Waals surface area (Å²) in [6.07, 6.45) is -0.132. The first kappa shape index (κ1) is 12.2. The SMILES string of the molecule is OC(CCCC(F)(F)F)C1C2CCCCC21. The highest BCUT2D eigenvalue weighted by Crippen LogP contribution is 2.57. The molecular weight excluding hydrogens is 217 g/mol. The maximum atomic E-state index is 11.9. The molecule has 1 N–H and O–H groups in total. The number of fused-ring (bicyclic) bond motifs is 1. The molecule has 0 spiro atoms. The van der Waals surface area contributed by atoms with Crippen LogP contribution in [0, 0.1) is 17.8 Å². The molecule has 3 atom stereocenters. The molecule has 3 unspecified atom stereocenters. The molecule has 0 aromatic carbocycles. The van der Waals surface area contributed by atoms with Gasteiger partial charge in [-0.1, -0.05) is 12.8 Å². The van der Waals surface area contributed by atoms with Crippen molar-refractivity contribution < 1.29 is 18.3 Å². The molecule has 0 aromatic rings. The van der Waals surface area contributed by atoms with Gasteiger partial charge in [-0.3, -0.25) is 0 Å². The van der Waals surface area contributed by atoms with Crippen LogP contribution in [0.4, 0.5) is 13.2 Å². The van der Waals surface area contributed by atoms with Crippen molar-refractivity contribution in [3.05, 3.63) is 0 Å². The topological polar surface area (TPSA) is 20.2 Å². The molecule has 2 rings (SSSR count). The van der Waals surface area contributed by atoms with Gasteiger partial charge in [0.15, 0.2) is 0 Å². The molecule has 0 radical (unpaired) electrons. The molecule has 16 heavy (non-hydrogen) atoms. The second-order valence-electron chi connectivity index (χ2n) is 5.26. The van der Waals surface area contributed by atoms with Gasteiger partial charge in [0.05, 0.1) is 6.10 Å². The lowest BCUT2D eigenvalue weighted by molar-refractivity contribution is -0.136. The van der Waals surface area contributed by atoms with Gasteiger partial charge in [0.1, 0.15) is 0 Å². The van der Waals surface area contributed by atoms with Gasteiger partial charge >= 0.3 is 6.18 Å². The Morgan fingerprint density at radius 1 is 1.12 bits per heavy atom. The molecular formula is C12H19F3O. The zero-order chi connectivity index (χ0) is 11.8. The molecule has 0 amide bonds. The van der Waals surface area contributed by atoms with Crippen molar-refractivity contribution in [1.29, 1.82) is 0 Å². The average molecular weight is 236 g/mol. The van der Waals surface area contributed by atoms with Crippen molar-refractivity contribution in [3.63, 3.8) is 0 Å². The predicted octanol–water partition coefficient (Wildman–Crippen LogP) is 3.52. The molecule has 0 aliphatic heterocycles. The van der Waals surface area contributed by atoms with Crippen molar-refractivity contribution in [2.24, 2.45) is 17.8 Å². The Bertz CT molecular complexity index is 227. The second-order valence-corrected chi connectivity index (χ2v) is 5.26. The van der Waals surface area contributed by atoms with Crippen LogP contribution in [-0.2, 0) is 0 Å². The fraction of sp³-hybridized carbons (Fsp3) is 1.00. The molecule has 2 fully saturated rings. The van der Waals surface area contributed by atoms with Crippen LogP contribution in [0.25, 0.3) is 0 Å². The zero-order valence-electron chi connectivity index (χ0n) is 9.34. The van der Waals surface area contributed by atoms with Crippen LogP contribution >= 0.6 is 0 Å². The molecule has 4 heteroatoms. The largest absolute Gasteiger partial charge is 0.393 e. The standard InChI is InChI=1S/C12H19F3O/c13-12(14,15)7-3-6-10(16)11-8-4-1-2-5-9(8)11/h8-11,16H,1-7H2. The van der Waals surface area contributed by atoms with Gasteiger partial charge in [0.25, 0.3) is 0 Å². The van der Waals surface area contributed by atoms with Gasteiger partial charge in [0, 0.05) is 6.42 Å². The summed E-state index contributed by atoms with van der Waals surface area (Å²) in [6.45, 7) is 0. The molecule has 2 saturated carbocycles. The predicted molar refractivity (Wildman–Crippen MR) is 54.9 cm³/mol. The third kappa shape index (κ3) is 2.90. The third-order valence-corrected chi connectivity index (χ3v) is 4.13. The van der Waals surface area contributed by atoms with E-state index < -0.39 is 18.7 Å². The van der Waals surface area contributed by atoms with E-state index in [0.29, 0.717) is 24.2 Å². The van der Waals surface area contributed by atoms with E-state index in [1.807, 2.05) is 0 Å². The van der Waals surface area contributed by atoms with Gasteiger partial charge < -0.3 is 5.11 Å². The third-order valence-electron chi connectivity index (χ3n) is 4.13. The number of aliphatic hydroxyl groups is 1. The van der Waals surface area contributed by atoms with E-state index in [-0.39, 0.29) is 6.42 Å². The smallest absolute Gasteiger partial charge is 0.389 e. The number of halogens is 3. The van der Waals surface area contributed by atoms with Gasteiger partial charge in [-0.25, -0.2) is 0 Å². The fourth-order valence-corrected chi connectivity index (χ4v) is 3.32. The van der Waals surface area contributed by atoms with Gasteiger partial charge in [-0.15, -0.1) is 0 Å². The van der Waals surface area contributed by atoms with E-state index in [1.165, 1.54) is 25.7 Å². The van der Waals surface area contributed by atoms with Crippen LogP contribution in [-0.4, -0.2) is 17.4 Å². The first-order valence-electron chi connectivity index (χ1n) is 6.24. The van der Waals surface area contributed by atoms with Crippen molar-refractivity contribution in [2.75, 3.05) is 0 Å². The van der Waals surface area contributed by atoms with Crippen LogP contribution in [0.15, 0.2) is 0 Å². The molecule has 94 valence electrons. The quantitative estimate of drug-likeness (QED) is 0.791. The van der Waals surface area contributed by atoms with Gasteiger partial charge in [0.2, 0.25) is 0 Å². The first-order valence-corrected chi connectivity index (χ1v) is 6.24. The molecule has 0 saturated heterocycles. The fourth-order valence-electron chi connectivity index (χ4n) is 3.32. The minimum atomic E-state index is -4.07. The molecule has 1 nitrogen and oxygen atoms in total. The van der Waals surface area contributed by atoms with Gasteiger partial charge in [-0.2, -0.15) is 13.2 Å². The van der Waals surface area contributed by atoms with Crippen molar-refractivity contribution >= 4 is 0 Å². The number of hydrogen-bond donors (Lipinski definition) is 1. The Kier molecular flexibility index (Phi) is 3.48. The van der Waals surface area contributed by atoms with Crippen LogP contribution in [0.5, 0.6) is 0 Å². The monoisotopic (exact) mass is 236 g/mol. The highest BCUT2D eigenvalue weighted by atomic mass is 19.4. The Balaban J connectivity index is 1.67. The second kappa shape index (κ2) is 4.55. The van der Waals surface area contributed by atoms with E-state index in [0.717, 1.165) is 0 Å². The molecule has 0 aromatic heterocycles. The Labute approximate surface area is 94.0 Å². The number of rotatable bonds is 4. The van der Waals surface area contributed by atoms with Crippen LogP contribution < -0.4 is 0 Å². The summed E-state index contributed by atoms with van der Waals surface area (Å²) in [5.74, 6) is 1.56. The molecule has 0 heterocycles. The summed E-state index contributed by atoms with van der Waals surface area (Å²) in [5, 5.41) is 9.85. The first-order chi connectivity index (χ1) is 7.49. The van der Waals surface area contributed by atoms with Crippen molar-refractivity contribution in [2.45, 2.75) is 57.2 Å². The normalized spacial score (nSPS) is 35.6. The maximum absolute atomic E-state index is 11.9. The molecule has 0 bridgehead atoms. The highest BCUT2D eigenvalue weighted by molar-refractivity contribution is 5.02. The van der Waals surface area contributed by atoms with Crippen LogP contribution in [0.2, 0.25) is 0 Å². The molecule has 2 aliphatic carbocycles. The van der Waals surface area contributed by atoms with Crippen molar-refractivity contribution in [1.82, 2.24) is 0 Å². The summed E-state index contributed by atoms with van der Waals surface area (Å²) in [6, 6.07) is 0. The maximum Gasteiger partial charge on any atom is 0.389 e. The summed E-state index contributed by atoms with van der Waals surface area (Å²) >= 11 is 0. The lowest BCUT2D eigenvalue weighted by atomic mass is 10.0. The number of alkyl halides is 3. The lowest BCUT2D eigenvalue weighted by Crippen LogP contribution is -2.14. The van der Waals surface area contributed by atoms with Crippen LogP contribution in [0.3, 0.4) is 0 Å².